The van der Waals surface area contributed by atoms with Crippen molar-refractivity contribution in [1.29, 1.82) is 0 Å². The molecule has 0 aliphatic carbocycles. The molecule has 1 aliphatic rings. The number of rotatable bonds is 3. The predicted molar refractivity (Wildman–Crippen MR) is 84.8 cm³/mol. The van der Waals surface area contributed by atoms with E-state index in [2.05, 4.69) is 5.32 Å². The van der Waals surface area contributed by atoms with Crippen LogP contribution < -0.4 is 10.8 Å². The van der Waals surface area contributed by atoms with Gasteiger partial charge in [0.2, 0.25) is 5.91 Å². The molecule has 0 bridgehead atoms. The molecular formula is C15H16BNO3S. The number of carbonyl (C=O) groups excluding carboxylic acids is 1. The summed E-state index contributed by atoms with van der Waals surface area (Å²) in [5, 5.41) is 14.8. The monoisotopic (exact) mass is 301 g/mol. The molecule has 4 nitrogen and oxygen atoms in total. The number of thiophene rings is 1. The molecule has 2 aromatic rings. The molecule has 108 valence electrons. The molecule has 1 aromatic carbocycles. The van der Waals surface area contributed by atoms with Crippen LogP contribution in [0.25, 0.3) is 0 Å². The first-order valence-electron chi connectivity index (χ1n) is 6.78. The first-order chi connectivity index (χ1) is 9.95. The quantitative estimate of drug-likeness (QED) is 0.851. The van der Waals surface area contributed by atoms with Crippen molar-refractivity contribution in [1.82, 2.24) is 0 Å². The third kappa shape index (κ3) is 2.88. The van der Waals surface area contributed by atoms with Crippen LogP contribution in [-0.2, 0) is 21.5 Å². The van der Waals surface area contributed by atoms with E-state index in [-0.39, 0.29) is 5.91 Å². The van der Waals surface area contributed by atoms with Crippen LogP contribution in [0.1, 0.15) is 24.3 Å². The van der Waals surface area contributed by atoms with Gasteiger partial charge in [0.1, 0.15) is 0 Å². The van der Waals surface area contributed by atoms with E-state index in [0.717, 1.165) is 10.4 Å². The number of carbonyl (C=O) groups is 1. The van der Waals surface area contributed by atoms with Gasteiger partial charge < -0.3 is 15.0 Å². The van der Waals surface area contributed by atoms with E-state index in [1.165, 1.54) is 0 Å². The molecule has 0 spiro atoms. The molecule has 0 atom stereocenters. The summed E-state index contributed by atoms with van der Waals surface area (Å²) in [6.45, 7) is 3.83. The number of hydrogen-bond acceptors (Lipinski definition) is 4. The molecule has 0 saturated carbocycles. The zero-order chi connectivity index (χ0) is 15.0. The van der Waals surface area contributed by atoms with Crippen molar-refractivity contribution >= 4 is 35.5 Å². The maximum absolute atomic E-state index is 12.0. The molecule has 6 heteroatoms. The van der Waals surface area contributed by atoms with Gasteiger partial charge in [-0.15, -0.1) is 11.3 Å². The van der Waals surface area contributed by atoms with Crippen molar-refractivity contribution in [2.75, 3.05) is 5.32 Å². The summed E-state index contributed by atoms with van der Waals surface area (Å²) in [6, 6.07) is 9.38. The fraction of sp³-hybridized carbons (Fsp3) is 0.267. The van der Waals surface area contributed by atoms with Crippen molar-refractivity contribution in [3.63, 3.8) is 0 Å². The van der Waals surface area contributed by atoms with Crippen LogP contribution in [0, 0.1) is 0 Å². The summed E-state index contributed by atoms with van der Waals surface area (Å²) in [4.78, 5) is 13.0. The molecule has 0 radical (unpaired) electrons. The van der Waals surface area contributed by atoms with Crippen LogP contribution in [-0.4, -0.2) is 18.0 Å². The van der Waals surface area contributed by atoms with E-state index in [9.17, 15) is 9.82 Å². The van der Waals surface area contributed by atoms with Crippen molar-refractivity contribution < 1.29 is 14.5 Å². The fourth-order valence-corrected chi connectivity index (χ4v) is 3.28. The third-order valence-corrected chi connectivity index (χ3v) is 4.45. The van der Waals surface area contributed by atoms with Crippen LogP contribution in [0.15, 0.2) is 35.7 Å². The van der Waals surface area contributed by atoms with E-state index in [0.29, 0.717) is 17.6 Å². The Kier molecular flexibility index (Phi) is 3.61. The Hall–Kier alpha value is -1.63. The van der Waals surface area contributed by atoms with E-state index in [1.54, 1.807) is 17.4 Å². The molecule has 1 aromatic heterocycles. The maximum atomic E-state index is 12.0. The van der Waals surface area contributed by atoms with Crippen LogP contribution in [0.3, 0.4) is 0 Å². The highest BCUT2D eigenvalue weighted by molar-refractivity contribution is 7.10. The van der Waals surface area contributed by atoms with Gasteiger partial charge in [-0.25, -0.2) is 0 Å². The van der Waals surface area contributed by atoms with Crippen LogP contribution in [0.4, 0.5) is 5.69 Å². The van der Waals surface area contributed by atoms with E-state index in [4.69, 9.17) is 4.65 Å². The summed E-state index contributed by atoms with van der Waals surface area (Å²) >= 11 is 1.56. The first kappa shape index (κ1) is 14.3. The minimum absolute atomic E-state index is 0.0648. The number of benzene rings is 1. The fourth-order valence-electron chi connectivity index (χ4n) is 2.58. The summed E-state index contributed by atoms with van der Waals surface area (Å²) in [5.41, 5.74) is 1.84. The van der Waals surface area contributed by atoms with E-state index < -0.39 is 12.7 Å². The average molecular weight is 301 g/mol. The van der Waals surface area contributed by atoms with Gasteiger partial charge in [0.25, 0.3) is 0 Å². The Morgan fingerprint density at radius 1 is 1.43 bits per heavy atom. The minimum Gasteiger partial charge on any atom is -0.423 e. The smallest absolute Gasteiger partial charge is 0.423 e. The Morgan fingerprint density at radius 3 is 2.95 bits per heavy atom. The minimum atomic E-state index is -0.941. The van der Waals surface area contributed by atoms with Gasteiger partial charge in [-0.3, -0.25) is 4.79 Å². The second-order valence-electron chi connectivity index (χ2n) is 5.59. The maximum Gasteiger partial charge on any atom is 0.492 e. The van der Waals surface area contributed by atoms with Gasteiger partial charge in [0.05, 0.1) is 12.0 Å². The normalized spacial score (nSPS) is 15.9. The first-order valence-corrected chi connectivity index (χ1v) is 7.66. The Labute approximate surface area is 127 Å². The van der Waals surface area contributed by atoms with E-state index in [1.807, 2.05) is 43.5 Å². The van der Waals surface area contributed by atoms with Crippen molar-refractivity contribution in [3.05, 3.63) is 46.2 Å². The molecule has 2 heterocycles. The lowest BCUT2D eigenvalue weighted by atomic mass is 9.78. The lowest BCUT2D eigenvalue weighted by Crippen LogP contribution is -2.29. The molecule has 1 amide bonds. The van der Waals surface area contributed by atoms with Gasteiger partial charge in [-0.2, -0.15) is 0 Å². The van der Waals surface area contributed by atoms with Crippen molar-refractivity contribution in [2.24, 2.45) is 0 Å². The number of amides is 1. The van der Waals surface area contributed by atoms with Crippen molar-refractivity contribution in [2.45, 2.75) is 25.9 Å². The molecule has 1 aliphatic heterocycles. The molecular weight excluding hydrogens is 285 g/mol. The van der Waals surface area contributed by atoms with Gasteiger partial charge in [-0.1, -0.05) is 12.1 Å². The number of anilines is 1. The van der Waals surface area contributed by atoms with Crippen LogP contribution >= 0.6 is 11.3 Å². The summed E-state index contributed by atoms with van der Waals surface area (Å²) in [7, 11) is -0.941. The number of hydrogen-bond donors (Lipinski definition) is 2. The molecule has 0 fully saturated rings. The standard InChI is InChI=1S/C15H16BNO3S/c1-15(2)12-6-5-10(8-13(12)16(19)20-15)17-14(18)9-11-4-3-7-21-11/h3-8,19H,9H2,1-2H3,(H,17,18). The Bertz CT molecular complexity index is 670. The highest BCUT2D eigenvalue weighted by atomic mass is 32.1. The second-order valence-corrected chi connectivity index (χ2v) is 6.62. The summed E-state index contributed by atoms with van der Waals surface area (Å²) in [5.74, 6) is -0.0648. The van der Waals surface area contributed by atoms with Gasteiger partial charge >= 0.3 is 7.12 Å². The Morgan fingerprint density at radius 2 is 2.24 bits per heavy atom. The molecule has 3 rings (SSSR count). The summed E-state index contributed by atoms with van der Waals surface area (Å²) in [6.07, 6.45) is 0.360. The predicted octanol–water partition coefficient (Wildman–Crippen LogP) is 1.88. The van der Waals surface area contributed by atoms with Gasteiger partial charge in [0, 0.05) is 10.6 Å². The molecule has 0 unspecified atom stereocenters. The third-order valence-electron chi connectivity index (χ3n) is 3.57. The van der Waals surface area contributed by atoms with Gasteiger partial charge in [0.15, 0.2) is 0 Å². The average Bonchev–Trinajstić information content (AvgIpc) is 2.97. The highest BCUT2D eigenvalue weighted by Crippen LogP contribution is 2.30. The SMILES string of the molecule is CC1(C)OB(O)c2cc(NC(=O)Cc3cccs3)ccc21. The zero-order valence-electron chi connectivity index (χ0n) is 11.9. The van der Waals surface area contributed by atoms with E-state index >= 15 is 0 Å². The molecule has 2 N–H and O–H groups in total. The number of fused-ring (bicyclic) bond motifs is 1. The van der Waals surface area contributed by atoms with Crippen molar-refractivity contribution in [3.8, 4) is 0 Å². The lowest BCUT2D eigenvalue weighted by Gasteiger charge is -2.19. The molecule has 0 saturated heterocycles. The second kappa shape index (κ2) is 5.29. The topological polar surface area (TPSA) is 58.6 Å². The Balaban J connectivity index is 1.76. The largest absolute Gasteiger partial charge is 0.492 e. The van der Waals surface area contributed by atoms with Crippen LogP contribution in [0.5, 0.6) is 0 Å². The highest BCUT2D eigenvalue weighted by Gasteiger charge is 2.40. The lowest BCUT2D eigenvalue weighted by molar-refractivity contribution is -0.115. The van der Waals surface area contributed by atoms with Crippen LogP contribution in [0.2, 0.25) is 0 Å². The zero-order valence-corrected chi connectivity index (χ0v) is 12.7. The number of nitrogens with one attached hydrogen (secondary N) is 1. The van der Waals surface area contributed by atoms with Gasteiger partial charge in [-0.05, 0) is 48.5 Å². The molecule has 21 heavy (non-hydrogen) atoms. The summed E-state index contributed by atoms with van der Waals surface area (Å²) < 4.78 is 5.51.